The summed E-state index contributed by atoms with van der Waals surface area (Å²) >= 11 is 6.29. The lowest BCUT2D eigenvalue weighted by Crippen LogP contribution is -2.54. The molecule has 3 fully saturated rings. The molecule has 29 heavy (non-hydrogen) atoms. The highest BCUT2D eigenvalue weighted by molar-refractivity contribution is 6.30. The molecule has 3 saturated carbocycles. The van der Waals surface area contributed by atoms with Gasteiger partial charge in [-0.3, -0.25) is 4.98 Å². The van der Waals surface area contributed by atoms with Crippen LogP contribution in [0.3, 0.4) is 0 Å². The molecule has 0 radical (unpaired) electrons. The molecule has 0 spiro atoms. The summed E-state index contributed by atoms with van der Waals surface area (Å²) in [7, 11) is 4.56. The first-order valence-electron chi connectivity index (χ1n) is 11.8. The predicted molar refractivity (Wildman–Crippen MR) is 122 cm³/mol. The average Bonchev–Trinajstić information content (AvgIpc) is 3.04. The molecule has 0 saturated heterocycles. The summed E-state index contributed by atoms with van der Waals surface area (Å²) < 4.78 is 0. The van der Waals surface area contributed by atoms with Crippen LogP contribution >= 0.6 is 11.6 Å². The Morgan fingerprint density at radius 2 is 1.86 bits per heavy atom. The molecule has 1 aromatic heterocycles. The van der Waals surface area contributed by atoms with E-state index in [1.807, 2.05) is 6.20 Å². The van der Waals surface area contributed by atoms with Crippen LogP contribution in [0.1, 0.15) is 70.8 Å². The van der Waals surface area contributed by atoms with Crippen molar-refractivity contribution in [1.82, 2.24) is 9.88 Å². The normalized spacial score (nSPS) is 44.1. The third kappa shape index (κ3) is 3.04. The third-order valence-corrected chi connectivity index (χ3v) is 10.2. The van der Waals surface area contributed by atoms with Crippen LogP contribution in [0.15, 0.2) is 24.5 Å². The monoisotopic (exact) mass is 412 g/mol. The number of allylic oxidation sites excluding steroid dienone is 2. The zero-order chi connectivity index (χ0) is 20.4. The molecule has 0 unspecified atom stereocenters. The van der Waals surface area contributed by atoms with Crippen LogP contribution in [0.25, 0.3) is 5.57 Å². The first-order valence-corrected chi connectivity index (χ1v) is 12.2. The van der Waals surface area contributed by atoms with Crippen LogP contribution in [-0.4, -0.2) is 30.0 Å². The molecule has 0 N–H and O–H groups in total. The highest BCUT2D eigenvalue weighted by Gasteiger charge is 2.58. The van der Waals surface area contributed by atoms with E-state index in [9.17, 15) is 0 Å². The fraction of sp³-hybridized carbons (Fsp3) is 0.731. The third-order valence-electron chi connectivity index (χ3n) is 9.97. The van der Waals surface area contributed by atoms with E-state index < -0.39 is 0 Å². The molecule has 2 nitrogen and oxygen atoms in total. The van der Waals surface area contributed by atoms with Crippen molar-refractivity contribution in [1.29, 1.82) is 0 Å². The van der Waals surface area contributed by atoms with Gasteiger partial charge in [0, 0.05) is 18.4 Å². The SMILES string of the molecule is CN(C)[C@@H]1CC[C@@]2(C)[C@@H](CC[C@@H]3[C@@H]2CC[C@]2(C)C(c4cncc(Cl)c4)=CC[C@@H]32)C1. The molecule has 0 aliphatic heterocycles. The van der Waals surface area contributed by atoms with E-state index in [1.165, 1.54) is 62.5 Å². The van der Waals surface area contributed by atoms with E-state index in [0.29, 0.717) is 10.8 Å². The van der Waals surface area contributed by atoms with Gasteiger partial charge in [-0.1, -0.05) is 31.5 Å². The molecular formula is C26H37ClN2. The van der Waals surface area contributed by atoms with Gasteiger partial charge >= 0.3 is 0 Å². The van der Waals surface area contributed by atoms with Crippen molar-refractivity contribution in [2.75, 3.05) is 14.1 Å². The first kappa shape index (κ1) is 20.1. The van der Waals surface area contributed by atoms with Crippen molar-refractivity contribution in [3.63, 3.8) is 0 Å². The summed E-state index contributed by atoms with van der Waals surface area (Å²) in [6.07, 6.45) is 17.4. The number of halogens is 1. The van der Waals surface area contributed by atoms with Crippen molar-refractivity contribution < 1.29 is 0 Å². The molecule has 0 bridgehead atoms. The quantitative estimate of drug-likeness (QED) is 0.537. The lowest BCUT2D eigenvalue weighted by Gasteiger charge is -2.61. The van der Waals surface area contributed by atoms with Gasteiger partial charge in [0.1, 0.15) is 0 Å². The standard InChI is InChI=1S/C26H37ClN2/c1-25-11-9-20(29(3)4)14-18(25)5-6-21-23-8-7-22(17-13-19(27)16-28-15-17)26(23,2)12-10-24(21)25/h7,13,15-16,18,20-21,23-24H,5-6,8-12,14H2,1-4H3/t18-,20+,21-,23-,24-,25-,26+/m0/s1. The first-order chi connectivity index (χ1) is 13.8. The van der Waals surface area contributed by atoms with Crippen LogP contribution in [-0.2, 0) is 0 Å². The summed E-state index contributed by atoms with van der Waals surface area (Å²) in [4.78, 5) is 6.87. The highest BCUT2D eigenvalue weighted by Crippen LogP contribution is 2.67. The van der Waals surface area contributed by atoms with Crippen LogP contribution in [0.5, 0.6) is 0 Å². The van der Waals surface area contributed by atoms with E-state index in [1.54, 1.807) is 6.20 Å². The molecule has 3 heteroatoms. The minimum atomic E-state index is 0.303. The fourth-order valence-corrected chi connectivity index (χ4v) is 8.45. The second-order valence-corrected chi connectivity index (χ2v) is 11.7. The van der Waals surface area contributed by atoms with Gasteiger partial charge in [0.2, 0.25) is 0 Å². The van der Waals surface area contributed by atoms with Gasteiger partial charge in [-0.05, 0) is 117 Å². The number of pyridine rings is 1. The number of rotatable bonds is 2. The molecule has 4 aliphatic rings. The maximum Gasteiger partial charge on any atom is 0.0595 e. The zero-order valence-electron chi connectivity index (χ0n) is 18.6. The van der Waals surface area contributed by atoms with Gasteiger partial charge in [-0.25, -0.2) is 0 Å². The fourth-order valence-electron chi connectivity index (χ4n) is 8.28. The molecule has 5 rings (SSSR count). The largest absolute Gasteiger partial charge is 0.306 e. The summed E-state index contributed by atoms with van der Waals surface area (Å²) in [5.74, 6) is 3.55. The van der Waals surface area contributed by atoms with Gasteiger partial charge < -0.3 is 4.90 Å². The topological polar surface area (TPSA) is 16.1 Å². The molecular weight excluding hydrogens is 376 g/mol. The Morgan fingerprint density at radius 1 is 1.03 bits per heavy atom. The van der Waals surface area contributed by atoms with Crippen molar-refractivity contribution in [2.45, 2.75) is 71.3 Å². The minimum Gasteiger partial charge on any atom is -0.306 e. The van der Waals surface area contributed by atoms with Crippen molar-refractivity contribution in [3.05, 3.63) is 35.1 Å². The van der Waals surface area contributed by atoms with E-state index in [2.05, 4.69) is 50.0 Å². The molecule has 158 valence electrons. The Balaban J connectivity index is 1.40. The van der Waals surface area contributed by atoms with Crippen molar-refractivity contribution in [2.24, 2.45) is 34.5 Å². The minimum absolute atomic E-state index is 0.303. The van der Waals surface area contributed by atoms with E-state index in [4.69, 9.17) is 11.6 Å². The van der Waals surface area contributed by atoms with Crippen molar-refractivity contribution in [3.8, 4) is 0 Å². The van der Waals surface area contributed by atoms with Gasteiger partial charge in [-0.2, -0.15) is 0 Å². The molecule has 1 aromatic rings. The summed E-state index contributed by atoms with van der Waals surface area (Å²) in [5.41, 5.74) is 3.65. The van der Waals surface area contributed by atoms with E-state index >= 15 is 0 Å². The second-order valence-electron chi connectivity index (χ2n) is 11.3. The van der Waals surface area contributed by atoms with Gasteiger partial charge in [0.15, 0.2) is 0 Å². The molecule has 1 heterocycles. The maximum absolute atomic E-state index is 6.29. The Bertz CT molecular complexity index is 817. The second kappa shape index (κ2) is 7.09. The smallest absolute Gasteiger partial charge is 0.0595 e. The zero-order valence-corrected chi connectivity index (χ0v) is 19.4. The Kier molecular flexibility index (Phi) is 4.91. The van der Waals surface area contributed by atoms with Gasteiger partial charge in [0.25, 0.3) is 0 Å². The van der Waals surface area contributed by atoms with Crippen LogP contribution in [0, 0.1) is 34.5 Å². The lowest BCUT2D eigenvalue weighted by atomic mass is 9.44. The number of hydrogen-bond donors (Lipinski definition) is 0. The van der Waals surface area contributed by atoms with E-state index in [-0.39, 0.29) is 0 Å². The van der Waals surface area contributed by atoms with Crippen molar-refractivity contribution >= 4 is 17.2 Å². The van der Waals surface area contributed by atoms with Crippen LogP contribution < -0.4 is 0 Å². The number of nitrogens with zero attached hydrogens (tertiary/aromatic N) is 2. The number of hydrogen-bond acceptors (Lipinski definition) is 2. The Hall–Kier alpha value is -0.860. The molecule has 4 aliphatic carbocycles. The highest BCUT2D eigenvalue weighted by atomic mass is 35.5. The Labute approximate surface area is 182 Å². The summed E-state index contributed by atoms with van der Waals surface area (Å²) in [6.45, 7) is 5.22. The van der Waals surface area contributed by atoms with Crippen LogP contribution in [0.4, 0.5) is 0 Å². The van der Waals surface area contributed by atoms with E-state index in [0.717, 1.165) is 34.7 Å². The lowest BCUT2D eigenvalue weighted by molar-refractivity contribution is -0.106. The molecule has 7 atom stereocenters. The number of aromatic nitrogens is 1. The maximum atomic E-state index is 6.29. The summed E-state index contributed by atoms with van der Waals surface area (Å²) in [6, 6.07) is 2.93. The molecule has 0 amide bonds. The van der Waals surface area contributed by atoms with Gasteiger partial charge in [0.05, 0.1) is 5.02 Å². The summed E-state index contributed by atoms with van der Waals surface area (Å²) in [5, 5.41) is 0.759. The average molecular weight is 413 g/mol. The van der Waals surface area contributed by atoms with Crippen LogP contribution in [0.2, 0.25) is 5.02 Å². The van der Waals surface area contributed by atoms with Gasteiger partial charge in [-0.15, -0.1) is 0 Å². The predicted octanol–water partition coefficient (Wildman–Crippen LogP) is 6.70. The Morgan fingerprint density at radius 3 is 2.62 bits per heavy atom. The molecule has 0 aromatic carbocycles. The number of fused-ring (bicyclic) bond motifs is 5.